The van der Waals surface area contributed by atoms with Gasteiger partial charge in [-0.2, -0.15) is 0 Å². The van der Waals surface area contributed by atoms with E-state index in [2.05, 4.69) is 31.0 Å². The van der Waals surface area contributed by atoms with E-state index in [0.29, 0.717) is 18.1 Å². The number of hydrogen-bond acceptors (Lipinski definition) is 2. The molecule has 0 aliphatic carbocycles. The summed E-state index contributed by atoms with van der Waals surface area (Å²) in [5.74, 6) is 0.579. The lowest BCUT2D eigenvalue weighted by Crippen LogP contribution is -2.28. The summed E-state index contributed by atoms with van der Waals surface area (Å²) < 4.78 is 5.71. The van der Waals surface area contributed by atoms with E-state index in [9.17, 15) is 0 Å². The highest BCUT2D eigenvalue weighted by Crippen LogP contribution is 2.31. The third-order valence-electron chi connectivity index (χ3n) is 2.80. The Morgan fingerprint density at radius 1 is 1.21 bits per heavy atom. The van der Waals surface area contributed by atoms with Crippen molar-refractivity contribution in [2.45, 2.75) is 44.8 Å². The van der Waals surface area contributed by atoms with Crippen LogP contribution < -0.4 is 0 Å². The number of aromatic nitrogens is 1. The van der Waals surface area contributed by atoms with Crippen LogP contribution in [0.3, 0.4) is 0 Å². The fraction of sp³-hybridized carbons (Fsp3) is 0.583. The fourth-order valence-electron chi connectivity index (χ4n) is 2.26. The lowest BCUT2D eigenvalue weighted by molar-refractivity contribution is -0.0385. The lowest BCUT2D eigenvalue weighted by atomic mass is 9.89. The molecule has 2 rings (SSSR count). The van der Waals surface area contributed by atoms with Crippen LogP contribution in [-0.4, -0.2) is 17.2 Å². The van der Waals surface area contributed by atoms with E-state index < -0.39 is 0 Å². The van der Waals surface area contributed by atoms with Crippen LogP contribution in [0.5, 0.6) is 0 Å². The van der Waals surface area contributed by atoms with Crippen molar-refractivity contribution in [1.29, 1.82) is 0 Å². The molecule has 2 unspecified atom stereocenters. The number of pyridine rings is 1. The molecular weight excluding hydrogens is 174 g/mol. The third-order valence-corrected chi connectivity index (χ3v) is 2.80. The Bertz CT molecular complexity index is 276. The van der Waals surface area contributed by atoms with Crippen LogP contribution in [-0.2, 0) is 4.74 Å². The summed E-state index contributed by atoms with van der Waals surface area (Å²) in [4.78, 5) is 4.42. The van der Waals surface area contributed by atoms with Gasteiger partial charge in [-0.1, -0.05) is 6.07 Å². The Labute approximate surface area is 85.3 Å². The Hall–Kier alpha value is -0.890. The van der Waals surface area contributed by atoms with Crippen LogP contribution >= 0.6 is 0 Å². The molecule has 0 radical (unpaired) electrons. The maximum atomic E-state index is 5.71. The minimum Gasteiger partial charge on any atom is -0.376 e. The second-order valence-corrected chi connectivity index (χ2v) is 4.18. The van der Waals surface area contributed by atoms with E-state index in [1.165, 1.54) is 5.69 Å². The SMILES string of the molecule is CC1CC(c2ccccn2)CC(C)O1. The predicted molar refractivity (Wildman–Crippen MR) is 56.2 cm³/mol. The number of nitrogens with zero attached hydrogens (tertiary/aromatic N) is 1. The topological polar surface area (TPSA) is 22.1 Å². The van der Waals surface area contributed by atoms with E-state index in [4.69, 9.17) is 4.74 Å². The first kappa shape index (κ1) is 9.66. The minimum absolute atomic E-state index is 0.366. The molecule has 0 spiro atoms. The summed E-state index contributed by atoms with van der Waals surface area (Å²) >= 11 is 0. The summed E-state index contributed by atoms with van der Waals surface area (Å²) in [5.41, 5.74) is 1.22. The predicted octanol–water partition coefficient (Wildman–Crippen LogP) is 2.75. The van der Waals surface area contributed by atoms with E-state index >= 15 is 0 Å². The number of ether oxygens (including phenoxy) is 1. The van der Waals surface area contributed by atoms with Crippen molar-refractivity contribution >= 4 is 0 Å². The second-order valence-electron chi connectivity index (χ2n) is 4.18. The quantitative estimate of drug-likeness (QED) is 0.681. The summed E-state index contributed by atoms with van der Waals surface area (Å²) in [7, 11) is 0. The molecule has 2 nitrogen and oxygen atoms in total. The summed E-state index contributed by atoms with van der Waals surface area (Å²) in [6.45, 7) is 4.29. The summed E-state index contributed by atoms with van der Waals surface area (Å²) in [6, 6.07) is 6.15. The van der Waals surface area contributed by atoms with Gasteiger partial charge in [0, 0.05) is 17.8 Å². The first-order valence-electron chi connectivity index (χ1n) is 5.32. The van der Waals surface area contributed by atoms with Crippen molar-refractivity contribution < 1.29 is 4.74 Å². The summed E-state index contributed by atoms with van der Waals surface area (Å²) in [6.07, 6.45) is 4.81. The summed E-state index contributed by atoms with van der Waals surface area (Å²) in [5, 5.41) is 0. The van der Waals surface area contributed by atoms with Crippen molar-refractivity contribution in [3.63, 3.8) is 0 Å². The molecule has 0 saturated carbocycles. The molecule has 1 aliphatic heterocycles. The van der Waals surface area contributed by atoms with Gasteiger partial charge >= 0.3 is 0 Å². The van der Waals surface area contributed by atoms with Gasteiger partial charge in [0.05, 0.1) is 12.2 Å². The normalized spacial score (nSPS) is 32.9. The molecule has 0 N–H and O–H groups in total. The van der Waals surface area contributed by atoms with E-state index in [1.54, 1.807) is 0 Å². The zero-order valence-electron chi connectivity index (χ0n) is 8.81. The van der Waals surface area contributed by atoms with Crippen LogP contribution in [0.4, 0.5) is 0 Å². The molecular formula is C12H17NO. The van der Waals surface area contributed by atoms with Gasteiger partial charge in [0.2, 0.25) is 0 Å². The Morgan fingerprint density at radius 3 is 2.50 bits per heavy atom. The van der Waals surface area contributed by atoms with Gasteiger partial charge in [-0.05, 0) is 38.8 Å². The van der Waals surface area contributed by atoms with Crippen molar-refractivity contribution in [2.75, 3.05) is 0 Å². The van der Waals surface area contributed by atoms with Crippen LogP contribution in [0.25, 0.3) is 0 Å². The molecule has 0 amide bonds. The van der Waals surface area contributed by atoms with Gasteiger partial charge in [-0.25, -0.2) is 0 Å². The molecule has 1 aliphatic rings. The van der Waals surface area contributed by atoms with Crippen molar-refractivity contribution in [1.82, 2.24) is 4.98 Å². The van der Waals surface area contributed by atoms with E-state index in [-0.39, 0.29) is 0 Å². The van der Waals surface area contributed by atoms with Crippen molar-refractivity contribution in [3.8, 4) is 0 Å². The average molecular weight is 191 g/mol. The Kier molecular flexibility index (Phi) is 2.82. The zero-order chi connectivity index (χ0) is 9.97. The van der Waals surface area contributed by atoms with Gasteiger partial charge in [-0.15, -0.1) is 0 Å². The molecule has 14 heavy (non-hydrogen) atoms. The third kappa shape index (κ3) is 2.13. The largest absolute Gasteiger partial charge is 0.376 e. The molecule has 2 heteroatoms. The highest BCUT2D eigenvalue weighted by Gasteiger charge is 2.25. The fourth-order valence-corrected chi connectivity index (χ4v) is 2.26. The van der Waals surface area contributed by atoms with Crippen LogP contribution in [0.15, 0.2) is 24.4 Å². The smallest absolute Gasteiger partial charge is 0.0557 e. The van der Waals surface area contributed by atoms with E-state index in [1.807, 2.05) is 12.3 Å². The highest BCUT2D eigenvalue weighted by atomic mass is 16.5. The van der Waals surface area contributed by atoms with Crippen LogP contribution in [0, 0.1) is 0 Å². The van der Waals surface area contributed by atoms with Gasteiger partial charge in [0.1, 0.15) is 0 Å². The lowest BCUT2D eigenvalue weighted by Gasteiger charge is -2.31. The number of hydrogen-bond donors (Lipinski definition) is 0. The molecule has 0 bridgehead atoms. The van der Waals surface area contributed by atoms with Crippen molar-refractivity contribution in [3.05, 3.63) is 30.1 Å². The molecule has 1 aromatic rings. The van der Waals surface area contributed by atoms with Gasteiger partial charge in [0.15, 0.2) is 0 Å². The molecule has 76 valence electrons. The van der Waals surface area contributed by atoms with Crippen LogP contribution in [0.1, 0.15) is 38.3 Å². The maximum absolute atomic E-state index is 5.71. The minimum atomic E-state index is 0.366. The van der Waals surface area contributed by atoms with Crippen LogP contribution in [0.2, 0.25) is 0 Å². The van der Waals surface area contributed by atoms with Gasteiger partial charge < -0.3 is 4.74 Å². The van der Waals surface area contributed by atoms with Gasteiger partial charge in [-0.3, -0.25) is 4.98 Å². The molecule has 0 aromatic carbocycles. The molecule has 1 fully saturated rings. The molecule has 1 aromatic heterocycles. The monoisotopic (exact) mass is 191 g/mol. The zero-order valence-corrected chi connectivity index (χ0v) is 8.81. The molecule has 1 saturated heterocycles. The Balaban J connectivity index is 2.11. The van der Waals surface area contributed by atoms with Gasteiger partial charge in [0.25, 0.3) is 0 Å². The molecule has 2 heterocycles. The highest BCUT2D eigenvalue weighted by molar-refractivity contribution is 5.10. The first-order valence-corrected chi connectivity index (χ1v) is 5.32. The molecule has 2 atom stereocenters. The number of rotatable bonds is 1. The standard InChI is InChI=1S/C12H17NO/c1-9-7-11(8-10(2)14-9)12-5-3-4-6-13-12/h3-6,9-11H,7-8H2,1-2H3. The maximum Gasteiger partial charge on any atom is 0.0557 e. The second kappa shape index (κ2) is 4.09. The average Bonchev–Trinajstić information content (AvgIpc) is 2.18. The van der Waals surface area contributed by atoms with Crippen molar-refractivity contribution in [2.24, 2.45) is 0 Å². The Morgan fingerprint density at radius 2 is 1.93 bits per heavy atom. The first-order chi connectivity index (χ1) is 6.75. The van der Waals surface area contributed by atoms with E-state index in [0.717, 1.165) is 12.8 Å².